The third-order valence-electron chi connectivity index (χ3n) is 5.71. The minimum Gasteiger partial charge on any atom is -0.480 e. The third kappa shape index (κ3) is 3.14. The molecule has 27 heavy (non-hydrogen) atoms. The molecule has 4 rings (SSSR count). The van der Waals surface area contributed by atoms with Crippen molar-refractivity contribution < 1.29 is 9.47 Å². The van der Waals surface area contributed by atoms with Crippen molar-refractivity contribution in [1.82, 2.24) is 20.2 Å². The lowest BCUT2D eigenvalue weighted by Crippen LogP contribution is -2.26. The quantitative estimate of drug-likeness (QED) is 0.814. The van der Waals surface area contributed by atoms with Crippen molar-refractivity contribution in [1.29, 1.82) is 5.26 Å². The van der Waals surface area contributed by atoms with E-state index in [-0.39, 0.29) is 6.01 Å². The standard InChI is InChI=1S/C19H22N6O2/c1-26-17-13(11-21-18(22-17)27-2)14-9-16(15(10-20)24-23-14)25-8-7-19(12-25)5-3-4-6-19/h9,11H,3-8,12H2,1-2H3. The Balaban J connectivity index is 1.71. The summed E-state index contributed by atoms with van der Waals surface area (Å²) in [5.74, 6) is 0.362. The first-order valence-corrected chi connectivity index (χ1v) is 9.16. The van der Waals surface area contributed by atoms with Crippen LogP contribution in [-0.4, -0.2) is 47.5 Å². The van der Waals surface area contributed by atoms with Gasteiger partial charge in [0.25, 0.3) is 0 Å². The molecule has 0 N–H and O–H groups in total. The maximum Gasteiger partial charge on any atom is 0.319 e. The van der Waals surface area contributed by atoms with Gasteiger partial charge in [0, 0.05) is 19.3 Å². The molecule has 0 amide bonds. The normalized spacial score (nSPS) is 17.9. The monoisotopic (exact) mass is 366 g/mol. The summed E-state index contributed by atoms with van der Waals surface area (Å²) in [6, 6.07) is 4.30. The van der Waals surface area contributed by atoms with Crippen LogP contribution in [0.1, 0.15) is 37.8 Å². The van der Waals surface area contributed by atoms with Gasteiger partial charge in [0.2, 0.25) is 5.88 Å². The van der Waals surface area contributed by atoms with Crippen LogP contribution in [0.25, 0.3) is 11.3 Å². The third-order valence-corrected chi connectivity index (χ3v) is 5.71. The van der Waals surface area contributed by atoms with Gasteiger partial charge in [0.05, 0.1) is 25.5 Å². The van der Waals surface area contributed by atoms with Gasteiger partial charge in [-0.1, -0.05) is 12.8 Å². The van der Waals surface area contributed by atoms with Gasteiger partial charge in [-0.3, -0.25) is 0 Å². The molecule has 0 bridgehead atoms. The molecule has 0 aromatic carbocycles. The molecule has 1 saturated carbocycles. The van der Waals surface area contributed by atoms with Gasteiger partial charge in [-0.15, -0.1) is 10.2 Å². The van der Waals surface area contributed by atoms with E-state index in [1.165, 1.54) is 46.3 Å². The molecule has 140 valence electrons. The molecular formula is C19H22N6O2. The Morgan fingerprint density at radius 1 is 1.15 bits per heavy atom. The Bertz CT molecular complexity index is 888. The van der Waals surface area contributed by atoms with Crippen molar-refractivity contribution in [2.75, 3.05) is 32.2 Å². The molecule has 2 aromatic rings. The molecule has 2 aliphatic rings. The second kappa shape index (κ2) is 6.99. The number of nitrogens with zero attached hydrogens (tertiary/aromatic N) is 6. The fraction of sp³-hybridized carbons (Fsp3) is 0.526. The highest BCUT2D eigenvalue weighted by Gasteiger charge is 2.41. The second-order valence-electron chi connectivity index (χ2n) is 7.23. The van der Waals surface area contributed by atoms with E-state index in [4.69, 9.17) is 9.47 Å². The van der Waals surface area contributed by atoms with Gasteiger partial charge < -0.3 is 14.4 Å². The number of hydrogen-bond acceptors (Lipinski definition) is 8. The number of aromatic nitrogens is 4. The predicted molar refractivity (Wildman–Crippen MR) is 98.6 cm³/mol. The lowest BCUT2D eigenvalue weighted by molar-refractivity contribution is 0.341. The van der Waals surface area contributed by atoms with E-state index in [1.807, 2.05) is 6.07 Å². The lowest BCUT2D eigenvalue weighted by atomic mass is 9.86. The maximum atomic E-state index is 9.52. The van der Waals surface area contributed by atoms with Crippen molar-refractivity contribution in [3.05, 3.63) is 18.0 Å². The molecular weight excluding hydrogens is 344 g/mol. The highest BCUT2D eigenvalue weighted by molar-refractivity contribution is 5.70. The molecule has 0 unspecified atom stereocenters. The van der Waals surface area contributed by atoms with E-state index in [2.05, 4.69) is 31.1 Å². The first-order valence-electron chi connectivity index (χ1n) is 9.16. The van der Waals surface area contributed by atoms with Crippen molar-refractivity contribution >= 4 is 5.69 Å². The summed E-state index contributed by atoms with van der Waals surface area (Å²) in [5.41, 5.74) is 2.77. The van der Waals surface area contributed by atoms with E-state index >= 15 is 0 Å². The number of nitriles is 1. The summed E-state index contributed by atoms with van der Waals surface area (Å²) in [6.07, 6.45) is 7.93. The molecule has 1 spiro atoms. The van der Waals surface area contributed by atoms with Crippen LogP contribution in [-0.2, 0) is 0 Å². The Morgan fingerprint density at radius 3 is 2.67 bits per heavy atom. The molecule has 8 nitrogen and oxygen atoms in total. The fourth-order valence-corrected chi connectivity index (χ4v) is 4.29. The molecule has 2 aromatic heterocycles. The van der Waals surface area contributed by atoms with Crippen LogP contribution >= 0.6 is 0 Å². The minimum absolute atomic E-state index is 0.222. The van der Waals surface area contributed by atoms with Gasteiger partial charge in [-0.25, -0.2) is 4.98 Å². The van der Waals surface area contributed by atoms with Crippen molar-refractivity contribution in [3.8, 4) is 29.2 Å². The Morgan fingerprint density at radius 2 is 1.96 bits per heavy atom. The van der Waals surface area contributed by atoms with Gasteiger partial charge in [-0.05, 0) is 30.7 Å². The summed E-state index contributed by atoms with van der Waals surface area (Å²) >= 11 is 0. The van der Waals surface area contributed by atoms with Crippen LogP contribution in [0.2, 0.25) is 0 Å². The molecule has 0 atom stereocenters. The Kier molecular flexibility index (Phi) is 4.52. The van der Waals surface area contributed by atoms with E-state index in [1.54, 1.807) is 6.20 Å². The molecule has 1 aliphatic carbocycles. The van der Waals surface area contributed by atoms with E-state index in [9.17, 15) is 5.26 Å². The molecule has 3 heterocycles. The number of ether oxygens (including phenoxy) is 2. The fourth-order valence-electron chi connectivity index (χ4n) is 4.29. The zero-order chi connectivity index (χ0) is 18.9. The number of hydrogen-bond donors (Lipinski definition) is 0. The predicted octanol–water partition coefficient (Wildman–Crippen LogP) is 2.59. The van der Waals surface area contributed by atoms with Crippen molar-refractivity contribution in [3.63, 3.8) is 0 Å². The number of anilines is 1. The largest absolute Gasteiger partial charge is 0.480 e. The average molecular weight is 366 g/mol. The Labute approximate surface area is 158 Å². The molecule has 8 heteroatoms. The molecule has 1 saturated heterocycles. The van der Waals surface area contributed by atoms with Gasteiger partial charge >= 0.3 is 6.01 Å². The van der Waals surface area contributed by atoms with E-state index in [0.29, 0.717) is 28.2 Å². The lowest BCUT2D eigenvalue weighted by Gasteiger charge is -2.25. The van der Waals surface area contributed by atoms with E-state index < -0.39 is 0 Å². The van der Waals surface area contributed by atoms with Crippen molar-refractivity contribution in [2.45, 2.75) is 32.1 Å². The number of rotatable bonds is 4. The Hall–Kier alpha value is -2.95. The first-order chi connectivity index (χ1) is 13.2. The van der Waals surface area contributed by atoms with Gasteiger partial charge in [0.1, 0.15) is 11.8 Å². The minimum atomic E-state index is 0.222. The number of methoxy groups -OCH3 is 2. The SMILES string of the molecule is COc1ncc(-c2cc(N3CCC4(CCCC4)C3)c(C#N)nn2)c(OC)n1. The van der Waals surface area contributed by atoms with Gasteiger partial charge in [-0.2, -0.15) is 10.2 Å². The topological polar surface area (TPSA) is 97.1 Å². The zero-order valence-corrected chi connectivity index (χ0v) is 15.6. The van der Waals surface area contributed by atoms with Gasteiger partial charge in [0.15, 0.2) is 5.69 Å². The van der Waals surface area contributed by atoms with Crippen LogP contribution in [0, 0.1) is 16.7 Å². The molecule has 1 aliphatic heterocycles. The average Bonchev–Trinajstić information content (AvgIpc) is 3.36. The maximum absolute atomic E-state index is 9.52. The summed E-state index contributed by atoms with van der Waals surface area (Å²) in [4.78, 5) is 10.6. The van der Waals surface area contributed by atoms with Crippen LogP contribution in [0.5, 0.6) is 11.9 Å². The van der Waals surface area contributed by atoms with Crippen LogP contribution < -0.4 is 14.4 Å². The summed E-state index contributed by atoms with van der Waals surface area (Å²) in [5, 5.41) is 17.9. The van der Waals surface area contributed by atoms with Crippen molar-refractivity contribution in [2.24, 2.45) is 5.41 Å². The van der Waals surface area contributed by atoms with Crippen LogP contribution in [0.3, 0.4) is 0 Å². The van der Waals surface area contributed by atoms with Crippen LogP contribution in [0.4, 0.5) is 5.69 Å². The molecule has 0 radical (unpaired) electrons. The van der Waals surface area contributed by atoms with Crippen LogP contribution in [0.15, 0.2) is 12.3 Å². The second-order valence-corrected chi connectivity index (χ2v) is 7.23. The van der Waals surface area contributed by atoms with E-state index in [0.717, 1.165) is 18.8 Å². The zero-order valence-electron chi connectivity index (χ0n) is 15.6. The molecule has 2 fully saturated rings. The summed E-state index contributed by atoms with van der Waals surface area (Å²) < 4.78 is 10.4. The smallest absolute Gasteiger partial charge is 0.319 e. The highest BCUT2D eigenvalue weighted by atomic mass is 16.5. The summed E-state index contributed by atoms with van der Waals surface area (Å²) in [7, 11) is 3.04. The summed E-state index contributed by atoms with van der Waals surface area (Å²) in [6.45, 7) is 1.92. The highest BCUT2D eigenvalue weighted by Crippen LogP contribution is 2.46. The first kappa shape index (κ1) is 17.5.